The summed E-state index contributed by atoms with van der Waals surface area (Å²) in [6.45, 7) is 4.37. The van der Waals surface area contributed by atoms with Gasteiger partial charge in [0.15, 0.2) is 0 Å². The zero-order valence-electron chi connectivity index (χ0n) is 14.0. The Morgan fingerprint density at radius 2 is 2.21 bits per heavy atom. The Morgan fingerprint density at radius 3 is 2.92 bits per heavy atom. The average molecular weight is 325 g/mol. The largest absolute Gasteiger partial charge is 0.481 e. The number of nitrogens with one attached hydrogen (secondary N) is 1. The van der Waals surface area contributed by atoms with E-state index in [9.17, 15) is 9.90 Å². The molecule has 1 saturated heterocycles. The molecule has 2 aliphatic rings. The molecule has 2 atom stereocenters. The van der Waals surface area contributed by atoms with Gasteiger partial charge in [0, 0.05) is 25.2 Å². The summed E-state index contributed by atoms with van der Waals surface area (Å²) in [6.07, 6.45) is 4.78. The summed E-state index contributed by atoms with van der Waals surface area (Å²) in [4.78, 5) is 14.1. The van der Waals surface area contributed by atoms with Crippen LogP contribution in [-0.2, 0) is 11.3 Å². The molecule has 4 rings (SSSR count). The van der Waals surface area contributed by atoms with E-state index in [0.717, 1.165) is 49.2 Å². The molecule has 0 unspecified atom stereocenters. The number of aliphatic carboxylic acids is 1. The SMILES string of the molecule is Cc1ccc(-c2[nH]ncc2CN2C[C@@H]3CCC[C@@]3(C(=O)O)C2)cc1. The van der Waals surface area contributed by atoms with E-state index in [1.54, 1.807) is 0 Å². The van der Waals surface area contributed by atoms with E-state index in [1.165, 1.54) is 5.56 Å². The van der Waals surface area contributed by atoms with E-state index in [2.05, 4.69) is 46.3 Å². The Morgan fingerprint density at radius 1 is 1.42 bits per heavy atom. The summed E-state index contributed by atoms with van der Waals surface area (Å²) in [7, 11) is 0. The molecule has 126 valence electrons. The monoisotopic (exact) mass is 325 g/mol. The molecule has 1 saturated carbocycles. The van der Waals surface area contributed by atoms with Gasteiger partial charge in [0.2, 0.25) is 0 Å². The number of aromatic nitrogens is 2. The van der Waals surface area contributed by atoms with Crippen molar-refractivity contribution in [3.8, 4) is 11.3 Å². The lowest BCUT2D eigenvalue weighted by Gasteiger charge is -2.23. The van der Waals surface area contributed by atoms with E-state index < -0.39 is 11.4 Å². The minimum Gasteiger partial charge on any atom is -0.481 e. The van der Waals surface area contributed by atoms with E-state index >= 15 is 0 Å². The number of carboxylic acid groups (broad SMARTS) is 1. The van der Waals surface area contributed by atoms with Gasteiger partial charge >= 0.3 is 5.97 Å². The highest BCUT2D eigenvalue weighted by molar-refractivity contribution is 5.76. The molecule has 1 aromatic heterocycles. The highest BCUT2D eigenvalue weighted by atomic mass is 16.4. The highest BCUT2D eigenvalue weighted by Gasteiger charge is 2.54. The number of likely N-dealkylation sites (tertiary alicyclic amines) is 1. The third-order valence-electron chi connectivity index (χ3n) is 5.82. The van der Waals surface area contributed by atoms with Crippen molar-refractivity contribution in [3.63, 3.8) is 0 Å². The number of benzene rings is 1. The summed E-state index contributed by atoms with van der Waals surface area (Å²) in [5, 5.41) is 17.1. The summed E-state index contributed by atoms with van der Waals surface area (Å²) in [5.41, 5.74) is 4.01. The lowest BCUT2D eigenvalue weighted by Crippen LogP contribution is -2.35. The van der Waals surface area contributed by atoms with Crippen LogP contribution in [0.5, 0.6) is 0 Å². The smallest absolute Gasteiger partial charge is 0.311 e. The van der Waals surface area contributed by atoms with Gasteiger partial charge in [-0.1, -0.05) is 36.2 Å². The molecule has 2 aromatic rings. The fraction of sp³-hybridized carbons (Fsp3) is 0.474. The van der Waals surface area contributed by atoms with Gasteiger partial charge in [-0.15, -0.1) is 0 Å². The van der Waals surface area contributed by atoms with Gasteiger partial charge in [0.1, 0.15) is 0 Å². The number of hydrogen-bond acceptors (Lipinski definition) is 3. The molecule has 2 heterocycles. The van der Waals surface area contributed by atoms with Crippen LogP contribution in [0.3, 0.4) is 0 Å². The van der Waals surface area contributed by atoms with E-state index in [0.29, 0.717) is 12.5 Å². The van der Waals surface area contributed by atoms with E-state index in [4.69, 9.17) is 0 Å². The molecule has 1 aliphatic heterocycles. The van der Waals surface area contributed by atoms with Crippen molar-refractivity contribution in [1.82, 2.24) is 15.1 Å². The molecule has 0 amide bonds. The summed E-state index contributed by atoms with van der Waals surface area (Å²) >= 11 is 0. The molecule has 1 aromatic carbocycles. The molecular weight excluding hydrogens is 302 g/mol. The fourth-order valence-electron chi connectivity index (χ4n) is 4.51. The third-order valence-corrected chi connectivity index (χ3v) is 5.82. The van der Waals surface area contributed by atoms with Crippen LogP contribution in [0, 0.1) is 18.3 Å². The molecule has 24 heavy (non-hydrogen) atoms. The number of rotatable bonds is 4. The highest BCUT2D eigenvalue weighted by Crippen LogP contribution is 2.49. The molecular formula is C19H23N3O2. The predicted octanol–water partition coefficient (Wildman–Crippen LogP) is 3.07. The van der Waals surface area contributed by atoms with Crippen LogP contribution in [0.4, 0.5) is 0 Å². The van der Waals surface area contributed by atoms with Gasteiger partial charge in [-0.2, -0.15) is 5.10 Å². The molecule has 5 heteroatoms. The summed E-state index contributed by atoms with van der Waals surface area (Å²) in [6, 6.07) is 8.40. The quantitative estimate of drug-likeness (QED) is 0.906. The first-order chi connectivity index (χ1) is 11.6. The second kappa shape index (κ2) is 5.74. The average Bonchev–Trinajstić information content (AvgIpc) is 3.22. The van der Waals surface area contributed by atoms with E-state index in [-0.39, 0.29) is 0 Å². The van der Waals surface area contributed by atoms with Crippen molar-refractivity contribution in [1.29, 1.82) is 0 Å². The summed E-state index contributed by atoms with van der Waals surface area (Å²) in [5.74, 6) is -0.317. The van der Waals surface area contributed by atoms with E-state index in [1.807, 2.05) is 6.20 Å². The number of aromatic amines is 1. The van der Waals surface area contributed by atoms with Crippen molar-refractivity contribution in [3.05, 3.63) is 41.6 Å². The van der Waals surface area contributed by atoms with Gasteiger partial charge in [-0.25, -0.2) is 0 Å². The zero-order chi connectivity index (χ0) is 16.7. The number of aryl methyl sites for hydroxylation is 1. The maximum Gasteiger partial charge on any atom is 0.311 e. The molecule has 5 nitrogen and oxygen atoms in total. The lowest BCUT2D eigenvalue weighted by atomic mass is 9.81. The van der Waals surface area contributed by atoms with Crippen molar-refractivity contribution in [2.24, 2.45) is 11.3 Å². The van der Waals surface area contributed by atoms with Crippen LogP contribution < -0.4 is 0 Å². The fourth-order valence-corrected chi connectivity index (χ4v) is 4.51. The Kier molecular flexibility index (Phi) is 3.68. The Labute approximate surface area is 141 Å². The molecule has 0 spiro atoms. The second-order valence-electron chi connectivity index (χ2n) is 7.36. The van der Waals surface area contributed by atoms with Gasteiger partial charge in [0.05, 0.1) is 17.3 Å². The number of H-pyrrole nitrogens is 1. The van der Waals surface area contributed by atoms with Crippen LogP contribution in [0.2, 0.25) is 0 Å². The third kappa shape index (κ3) is 2.44. The lowest BCUT2D eigenvalue weighted by molar-refractivity contribution is -0.149. The molecule has 0 radical (unpaired) electrons. The van der Waals surface area contributed by atoms with Crippen LogP contribution in [-0.4, -0.2) is 39.3 Å². The molecule has 1 aliphatic carbocycles. The van der Waals surface area contributed by atoms with Crippen LogP contribution in [0.1, 0.15) is 30.4 Å². The minimum absolute atomic E-state index is 0.296. The van der Waals surface area contributed by atoms with Crippen molar-refractivity contribution in [2.75, 3.05) is 13.1 Å². The molecule has 0 bridgehead atoms. The minimum atomic E-state index is -0.613. The van der Waals surface area contributed by atoms with Gasteiger partial charge in [0.25, 0.3) is 0 Å². The summed E-state index contributed by atoms with van der Waals surface area (Å²) < 4.78 is 0. The maximum absolute atomic E-state index is 11.8. The molecule has 2 fully saturated rings. The zero-order valence-corrected chi connectivity index (χ0v) is 14.0. The van der Waals surface area contributed by atoms with Gasteiger partial charge in [-0.3, -0.25) is 14.8 Å². The number of hydrogen-bond donors (Lipinski definition) is 2. The number of fused-ring (bicyclic) bond motifs is 1. The number of carboxylic acids is 1. The normalized spacial score (nSPS) is 26.6. The first-order valence-electron chi connectivity index (χ1n) is 8.63. The molecule has 2 N–H and O–H groups in total. The van der Waals surface area contributed by atoms with Gasteiger partial charge in [-0.05, 0) is 31.2 Å². The van der Waals surface area contributed by atoms with Crippen LogP contribution in [0.25, 0.3) is 11.3 Å². The Hall–Kier alpha value is -2.14. The second-order valence-corrected chi connectivity index (χ2v) is 7.36. The topological polar surface area (TPSA) is 69.2 Å². The maximum atomic E-state index is 11.8. The predicted molar refractivity (Wildman–Crippen MR) is 91.4 cm³/mol. The first kappa shape index (κ1) is 15.4. The van der Waals surface area contributed by atoms with Gasteiger partial charge < -0.3 is 5.11 Å². The van der Waals surface area contributed by atoms with Crippen molar-refractivity contribution >= 4 is 5.97 Å². The van der Waals surface area contributed by atoms with Crippen LogP contribution >= 0.6 is 0 Å². The standard InChI is InChI=1S/C19H23N3O2/c1-13-4-6-14(7-5-13)17-15(9-20-21-17)10-22-11-16-3-2-8-19(16,12-22)18(23)24/h4-7,9,16H,2-3,8,10-12H2,1H3,(H,20,21)(H,23,24)/t16-,19+/m0/s1. The Bertz CT molecular complexity index is 752. The number of nitrogens with zero attached hydrogens (tertiary/aromatic N) is 2. The number of carbonyl (C=O) groups is 1. The van der Waals surface area contributed by atoms with Crippen LogP contribution in [0.15, 0.2) is 30.5 Å². The van der Waals surface area contributed by atoms with Crippen molar-refractivity contribution < 1.29 is 9.90 Å². The first-order valence-corrected chi connectivity index (χ1v) is 8.63. The Balaban J connectivity index is 1.54. The van der Waals surface area contributed by atoms with Crippen molar-refractivity contribution in [2.45, 2.75) is 32.7 Å².